The van der Waals surface area contributed by atoms with Crippen LogP contribution < -0.4 is 10.6 Å². The normalized spacial score (nSPS) is 12.8. The number of nitrogens with one attached hydrogen (secondary N) is 2. The maximum atomic E-state index is 10.3. The fourth-order valence-corrected chi connectivity index (χ4v) is 2.31. The average Bonchev–Trinajstić information content (AvgIpc) is 2.59. The van der Waals surface area contributed by atoms with E-state index in [0.717, 1.165) is 17.7 Å². The molecule has 0 saturated carbocycles. The number of aliphatic hydroxyl groups excluding tert-OH is 1. The molecule has 0 bridgehead atoms. The van der Waals surface area contributed by atoms with Gasteiger partial charge >= 0.3 is 0 Å². The zero-order chi connectivity index (χ0) is 17.4. The highest BCUT2D eigenvalue weighted by Gasteiger charge is 2.08. The molecule has 3 N–H and O–H groups in total. The molecule has 0 heterocycles. The topological polar surface area (TPSA) is 56.7 Å². The number of nitrogens with zero attached hydrogens (tertiary/aromatic N) is 1. The van der Waals surface area contributed by atoms with Gasteiger partial charge in [0.2, 0.25) is 0 Å². The number of benzene rings is 2. The van der Waals surface area contributed by atoms with E-state index < -0.39 is 6.10 Å². The van der Waals surface area contributed by atoms with Gasteiger partial charge in [0.15, 0.2) is 5.96 Å². The van der Waals surface area contributed by atoms with Gasteiger partial charge < -0.3 is 15.7 Å². The summed E-state index contributed by atoms with van der Waals surface area (Å²) in [5.41, 5.74) is 4.50. The van der Waals surface area contributed by atoms with Gasteiger partial charge in [0.1, 0.15) is 0 Å². The van der Waals surface area contributed by atoms with E-state index in [1.54, 1.807) is 0 Å². The first kappa shape index (κ1) is 18.0. The van der Waals surface area contributed by atoms with E-state index in [2.05, 4.69) is 46.8 Å². The molecule has 2 rings (SSSR count). The van der Waals surface area contributed by atoms with Gasteiger partial charge in [-0.1, -0.05) is 59.7 Å². The molecule has 0 radical (unpaired) electrons. The summed E-state index contributed by atoms with van der Waals surface area (Å²) in [6.07, 6.45) is -0.561. The lowest BCUT2D eigenvalue weighted by atomic mass is 10.1. The maximum Gasteiger partial charge on any atom is 0.191 e. The molecule has 2 aromatic rings. The Hall–Kier alpha value is -2.33. The molecular weight excluding hydrogens is 298 g/mol. The summed E-state index contributed by atoms with van der Waals surface area (Å²) in [5.74, 6) is 0.712. The largest absolute Gasteiger partial charge is 0.387 e. The van der Waals surface area contributed by atoms with Crippen molar-refractivity contribution in [2.75, 3.05) is 13.1 Å². The van der Waals surface area contributed by atoms with Crippen LogP contribution in [-0.2, 0) is 6.54 Å². The molecule has 2 aromatic carbocycles. The molecule has 1 atom stereocenters. The number of hydrogen-bond donors (Lipinski definition) is 3. The van der Waals surface area contributed by atoms with Crippen LogP contribution >= 0.6 is 0 Å². The van der Waals surface area contributed by atoms with Crippen molar-refractivity contribution in [3.05, 3.63) is 70.8 Å². The molecule has 4 heteroatoms. The third kappa shape index (κ3) is 5.70. The molecule has 0 aliphatic carbocycles. The van der Waals surface area contributed by atoms with Crippen LogP contribution in [0.3, 0.4) is 0 Å². The standard InChI is InChI=1S/C20H27N3O/c1-4-21-20(22-13-17-9-5-15(2)6-10-17)23-14-19(24)18-11-7-16(3)8-12-18/h5-12,19,24H,4,13-14H2,1-3H3,(H2,21,22,23). The predicted molar refractivity (Wildman–Crippen MR) is 100 cm³/mol. The van der Waals surface area contributed by atoms with Crippen LogP contribution in [0.25, 0.3) is 0 Å². The van der Waals surface area contributed by atoms with E-state index in [4.69, 9.17) is 0 Å². The number of aliphatic hydroxyl groups is 1. The monoisotopic (exact) mass is 325 g/mol. The highest BCUT2D eigenvalue weighted by Crippen LogP contribution is 2.12. The summed E-state index contributed by atoms with van der Waals surface area (Å²) in [7, 11) is 0. The van der Waals surface area contributed by atoms with Gasteiger partial charge in [0, 0.05) is 13.1 Å². The first-order valence-electron chi connectivity index (χ1n) is 8.41. The number of aliphatic imine (C=N–C) groups is 1. The lowest BCUT2D eigenvalue weighted by Crippen LogP contribution is -2.39. The molecule has 0 aliphatic rings. The van der Waals surface area contributed by atoms with Crippen LogP contribution in [0.15, 0.2) is 53.5 Å². The Morgan fingerprint density at radius 3 is 2.12 bits per heavy atom. The van der Waals surface area contributed by atoms with Crippen LogP contribution in [0, 0.1) is 13.8 Å². The van der Waals surface area contributed by atoms with E-state index in [0.29, 0.717) is 19.0 Å². The van der Waals surface area contributed by atoms with Gasteiger partial charge in [-0.05, 0) is 31.9 Å². The second-order valence-corrected chi connectivity index (χ2v) is 5.99. The van der Waals surface area contributed by atoms with E-state index in [9.17, 15) is 5.11 Å². The van der Waals surface area contributed by atoms with Crippen molar-refractivity contribution < 1.29 is 5.11 Å². The average molecular weight is 325 g/mol. The molecule has 0 saturated heterocycles. The summed E-state index contributed by atoms with van der Waals surface area (Å²) in [5, 5.41) is 16.7. The smallest absolute Gasteiger partial charge is 0.191 e. The third-order valence-corrected chi connectivity index (χ3v) is 3.81. The lowest BCUT2D eigenvalue weighted by Gasteiger charge is -2.15. The SMILES string of the molecule is CCNC(=NCc1ccc(C)cc1)NCC(O)c1ccc(C)cc1. The molecule has 1 unspecified atom stereocenters. The van der Waals surface area contributed by atoms with Crippen molar-refractivity contribution in [3.8, 4) is 0 Å². The minimum atomic E-state index is -0.561. The number of hydrogen-bond acceptors (Lipinski definition) is 2. The summed E-state index contributed by atoms with van der Waals surface area (Å²) in [6.45, 7) is 7.94. The van der Waals surface area contributed by atoms with Crippen LogP contribution in [0.2, 0.25) is 0 Å². The Labute approximate surface area is 144 Å². The summed E-state index contributed by atoms with van der Waals surface area (Å²) in [4.78, 5) is 4.58. The molecule has 0 spiro atoms. The van der Waals surface area contributed by atoms with E-state index in [-0.39, 0.29) is 0 Å². The minimum absolute atomic E-state index is 0.419. The second-order valence-electron chi connectivity index (χ2n) is 5.99. The first-order chi connectivity index (χ1) is 11.6. The summed E-state index contributed by atoms with van der Waals surface area (Å²) < 4.78 is 0. The molecule has 24 heavy (non-hydrogen) atoms. The van der Waals surface area contributed by atoms with Crippen molar-refractivity contribution in [2.45, 2.75) is 33.4 Å². The van der Waals surface area contributed by atoms with E-state index in [1.165, 1.54) is 11.1 Å². The number of rotatable bonds is 6. The number of guanidine groups is 1. The van der Waals surface area contributed by atoms with Crippen molar-refractivity contribution in [1.29, 1.82) is 0 Å². The van der Waals surface area contributed by atoms with Crippen molar-refractivity contribution >= 4 is 5.96 Å². The Morgan fingerprint density at radius 1 is 0.958 bits per heavy atom. The fraction of sp³-hybridized carbons (Fsp3) is 0.350. The molecule has 0 aliphatic heterocycles. The van der Waals surface area contributed by atoms with Crippen molar-refractivity contribution in [2.24, 2.45) is 4.99 Å². The van der Waals surface area contributed by atoms with Gasteiger partial charge in [-0.3, -0.25) is 0 Å². The highest BCUT2D eigenvalue weighted by atomic mass is 16.3. The molecular formula is C20H27N3O. The molecule has 0 fully saturated rings. The second kappa shape index (κ2) is 9.08. The molecule has 0 aromatic heterocycles. The highest BCUT2D eigenvalue weighted by molar-refractivity contribution is 5.79. The van der Waals surface area contributed by atoms with Gasteiger partial charge in [0.25, 0.3) is 0 Å². The van der Waals surface area contributed by atoms with E-state index in [1.807, 2.05) is 38.1 Å². The van der Waals surface area contributed by atoms with Gasteiger partial charge in [0.05, 0.1) is 12.6 Å². The molecule has 0 amide bonds. The van der Waals surface area contributed by atoms with Gasteiger partial charge in [-0.25, -0.2) is 4.99 Å². The Bertz CT molecular complexity index is 648. The van der Waals surface area contributed by atoms with Crippen LogP contribution in [0.4, 0.5) is 0 Å². The first-order valence-corrected chi connectivity index (χ1v) is 8.41. The van der Waals surface area contributed by atoms with Crippen molar-refractivity contribution in [1.82, 2.24) is 10.6 Å². The Balaban J connectivity index is 1.93. The lowest BCUT2D eigenvalue weighted by molar-refractivity contribution is 0.181. The van der Waals surface area contributed by atoms with Gasteiger partial charge in [-0.2, -0.15) is 0 Å². The van der Waals surface area contributed by atoms with Gasteiger partial charge in [-0.15, -0.1) is 0 Å². The quantitative estimate of drug-likeness (QED) is 0.565. The molecule has 4 nitrogen and oxygen atoms in total. The predicted octanol–water partition coefficient (Wildman–Crippen LogP) is 3.09. The fourth-order valence-electron chi connectivity index (χ4n) is 2.31. The summed E-state index contributed by atoms with van der Waals surface area (Å²) in [6, 6.07) is 16.3. The third-order valence-electron chi connectivity index (χ3n) is 3.81. The Morgan fingerprint density at radius 2 is 1.54 bits per heavy atom. The van der Waals surface area contributed by atoms with Crippen LogP contribution in [0.1, 0.15) is 35.3 Å². The van der Waals surface area contributed by atoms with Crippen LogP contribution in [-0.4, -0.2) is 24.2 Å². The minimum Gasteiger partial charge on any atom is -0.387 e. The summed E-state index contributed by atoms with van der Waals surface area (Å²) >= 11 is 0. The van der Waals surface area contributed by atoms with Crippen LogP contribution in [0.5, 0.6) is 0 Å². The van der Waals surface area contributed by atoms with E-state index >= 15 is 0 Å². The number of aryl methyl sites for hydroxylation is 2. The molecule has 128 valence electrons. The zero-order valence-electron chi connectivity index (χ0n) is 14.7. The maximum absolute atomic E-state index is 10.3. The Kier molecular flexibility index (Phi) is 6.82. The zero-order valence-corrected chi connectivity index (χ0v) is 14.7. The van der Waals surface area contributed by atoms with Crippen molar-refractivity contribution in [3.63, 3.8) is 0 Å².